The average Bonchev–Trinajstić information content (AvgIpc) is 2.18. The predicted molar refractivity (Wildman–Crippen MR) is 62.7 cm³/mol. The number of ether oxygens (including phenoxy) is 1. The molecule has 1 rings (SSSR count). The highest BCUT2D eigenvalue weighted by atomic mass is 79.9. The number of aryl methyl sites for hydroxylation is 1. The summed E-state index contributed by atoms with van der Waals surface area (Å²) in [6.45, 7) is 4.01. The van der Waals surface area contributed by atoms with Crippen molar-refractivity contribution in [3.63, 3.8) is 0 Å². The van der Waals surface area contributed by atoms with Gasteiger partial charge in [-0.3, -0.25) is 4.79 Å². The number of benzene rings is 1. The van der Waals surface area contributed by atoms with Crippen LogP contribution in [0.2, 0.25) is 0 Å². The van der Waals surface area contributed by atoms with Gasteiger partial charge in [0.2, 0.25) is 5.91 Å². The number of hydrogen-bond acceptors (Lipinski definition) is 2. The smallest absolute Gasteiger partial charge is 0.223 e. The lowest BCUT2D eigenvalue weighted by atomic mass is 10.2. The molecule has 2 N–H and O–H groups in total. The molecule has 1 amide bonds. The van der Waals surface area contributed by atoms with E-state index in [-0.39, 0.29) is 11.8 Å². The summed E-state index contributed by atoms with van der Waals surface area (Å²) in [5, 5.41) is 0. The Hall–Kier alpha value is -1.03. The third-order valence-corrected chi connectivity index (χ3v) is 2.62. The highest BCUT2D eigenvalue weighted by Gasteiger charge is 2.10. The molecular formula is C11H14BrNO2. The number of hydrogen-bond donors (Lipinski definition) is 1. The molecular weight excluding hydrogens is 258 g/mol. The molecule has 0 saturated carbocycles. The zero-order valence-corrected chi connectivity index (χ0v) is 10.4. The van der Waals surface area contributed by atoms with Crippen LogP contribution < -0.4 is 10.5 Å². The second kappa shape index (κ2) is 5.16. The van der Waals surface area contributed by atoms with Crippen molar-refractivity contribution in [3.05, 3.63) is 28.2 Å². The Kier molecular flexibility index (Phi) is 4.15. The van der Waals surface area contributed by atoms with Crippen molar-refractivity contribution in [2.75, 3.05) is 6.61 Å². The molecule has 0 fully saturated rings. The second-order valence-electron chi connectivity index (χ2n) is 3.52. The normalized spacial score (nSPS) is 12.2. The van der Waals surface area contributed by atoms with Gasteiger partial charge >= 0.3 is 0 Å². The number of halogens is 1. The van der Waals surface area contributed by atoms with Gasteiger partial charge in [-0.05, 0) is 24.6 Å². The standard InChI is InChI=1S/C11H14BrNO2/c1-7-3-4-9(12)5-10(7)15-6-8(2)11(13)14/h3-5,8H,6H2,1-2H3,(H2,13,14). The van der Waals surface area contributed by atoms with Crippen molar-refractivity contribution in [2.45, 2.75) is 13.8 Å². The van der Waals surface area contributed by atoms with E-state index in [0.717, 1.165) is 15.8 Å². The largest absolute Gasteiger partial charge is 0.492 e. The first-order chi connectivity index (χ1) is 7.00. The molecule has 0 aliphatic carbocycles. The minimum absolute atomic E-state index is 0.275. The number of rotatable bonds is 4. The average molecular weight is 272 g/mol. The van der Waals surface area contributed by atoms with Gasteiger partial charge in [0.05, 0.1) is 12.5 Å². The highest BCUT2D eigenvalue weighted by molar-refractivity contribution is 9.10. The molecule has 0 spiro atoms. The molecule has 0 saturated heterocycles. The van der Waals surface area contributed by atoms with Crippen molar-refractivity contribution in [1.29, 1.82) is 0 Å². The van der Waals surface area contributed by atoms with Gasteiger partial charge in [0, 0.05) is 4.47 Å². The van der Waals surface area contributed by atoms with Gasteiger partial charge in [0.15, 0.2) is 0 Å². The van der Waals surface area contributed by atoms with Crippen molar-refractivity contribution in [1.82, 2.24) is 0 Å². The summed E-state index contributed by atoms with van der Waals surface area (Å²) in [4.78, 5) is 10.8. The molecule has 1 unspecified atom stereocenters. The van der Waals surface area contributed by atoms with Gasteiger partial charge in [0.1, 0.15) is 5.75 Å². The van der Waals surface area contributed by atoms with Crippen LogP contribution in [0.1, 0.15) is 12.5 Å². The Labute approximate surface area is 97.7 Å². The fourth-order valence-electron chi connectivity index (χ4n) is 1.03. The molecule has 4 heteroatoms. The van der Waals surface area contributed by atoms with Crippen LogP contribution in [0.25, 0.3) is 0 Å². The van der Waals surface area contributed by atoms with Gasteiger partial charge in [-0.15, -0.1) is 0 Å². The lowest BCUT2D eigenvalue weighted by molar-refractivity contribution is -0.122. The Morgan fingerprint density at radius 1 is 1.60 bits per heavy atom. The van der Waals surface area contributed by atoms with Gasteiger partial charge in [-0.25, -0.2) is 0 Å². The summed E-state index contributed by atoms with van der Waals surface area (Å²) in [7, 11) is 0. The molecule has 15 heavy (non-hydrogen) atoms. The number of primary amides is 1. The van der Waals surface area contributed by atoms with E-state index in [9.17, 15) is 4.79 Å². The lowest BCUT2D eigenvalue weighted by Crippen LogP contribution is -2.25. The van der Waals surface area contributed by atoms with E-state index < -0.39 is 0 Å². The van der Waals surface area contributed by atoms with Crippen LogP contribution in [0.4, 0.5) is 0 Å². The van der Waals surface area contributed by atoms with Crippen LogP contribution in [0.3, 0.4) is 0 Å². The fraction of sp³-hybridized carbons (Fsp3) is 0.364. The summed E-state index contributed by atoms with van der Waals surface area (Å²) >= 11 is 3.36. The molecule has 1 atom stereocenters. The quantitative estimate of drug-likeness (QED) is 0.914. The summed E-state index contributed by atoms with van der Waals surface area (Å²) < 4.78 is 6.46. The number of carbonyl (C=O) groups excluding carboxylic acids is 1. The van der Waals surface area contributed by atoms with Gasteiger partial charge in [-0.2, -0.15) is 0 Å². The number of nitrogens with two attached hydrogens (primary N) is 1. The molecule has 0 radical (unpaired) electrons. The Morgan fingerprint density at radius 2 is 2.27 bits per heavy atom. The number of amides is 1. The fourth-order valence-corrected chi connectivity index (χ4v) is 1.37. The third kappa shape index (κ3) is 3.55. The minimum atomic E-state index is -0.345. The molecule has 0 heterocycles. The SMILES string of the molecule is Cc1ccc(Br)cc1OCC(C)C(N)=O. The van der Waals surface area contributed by atoms with E-state index in [1.807, 2.05) is 25.1 Å². The molecule has 0 aromatic heterocycles. The molecule has 0 aliphatic rings. The molecule has 0 bridgehead atoms. The Morgan fingerprint density at radius 3 is 2.87 bits per heavy atom. The first kappa shape index (κ1) is 12.0. The topological polar surface area (TPSA) is 52.3 Å². The Balaban J connectivity index is 2.65. The number of carbonyl (C=O) groups is 1. The summed E-state index contributed by atoms with van der Waals surface area (Å²) in [5.74, 6) is 0.156. The van der Waals surface area contributed by atoms with Crippen LogP contribution in [0.5, 0.6) is 5.75 Å². The first-order valence-electron chi connectivity index (χ1n) is 4.69. The van der Waals surface area contributed by atoms with Crippen LogP contribution >= 0.6 is 15.9 Å². The minimum Gasteiger partial charge on any atom is -0.492 e. The van der Waals surface area contributed by atoms with Gasteiger partial charge in [0.25, 0.3) is 0 Å². The molecule has 1 aromatic rings. The van der Waals surface area contributed by atoms with Crippen molar-refractivity contribution < 1.29 is 9.53 Å². The summed E-state index contributed by atoms with van der Waals surface area (Å²) in [6.07, 6.45) is 0. The van der Waals surface area contributed by atoms with Gasteiger partial charge in [-0.1, -0.05) is 28.9 Å². The van der Waals surface area contributed by atoms with Crippen molar-refractivity contribution in [2.24, 2.45) is 11.7 Å². The highest BCUT2D eigenvalue weighted by Crippen LogP contribution is 2.23. The monoisotopic (exact) mass is 271 g/mol. The van der Waals surface area contributed by atoms with Crippen molar-refractivity contribution in [3.8, 4) is 5.75 Å². The van der Waals surface area contributed by atoms with Crippen LogP contribution in [-0.2, 0) is 4.79 Å². The van der Waals surface area contributed by atoms with Crippen LogP contribution in [0, 0.1) is 12.8 Å². The predicted octanol–water partition coefficient (Wildman–Crippen LogP) is 2.26. The first-order valence-corrected chi connectivity index (χ1v) is 5.48. The van der Waals surface area contributed by atoms with E-state index >= 15 is 0 Å². The maximum atomic E-state index is 10.8. The Bertz CT molecular complexity index is 366. The maximum Gasteiger partial charge on any atom is 0.223 e. The van der Waals surface area contributed by atoms with E-state index in [1.54, 1.807) is 6.92 Å². The van der Waals surface area contributed by atoms with E-state index in [0.29, 0.717) is 6.61 Å². The summed E-state index contributed by atoms with van der Waals surface area (Å²) in [5.41, 5.74) is 6.18. The maximum absolute atomic E-state index is 10.8. The molecule has 1 aromatic carbocycles. The van der Waals surface area contributed by atoms with E-state index in [4.69, 9.17) is 10.5 Å². The lowest BCUT2D eigenvalue weighted by Gasteiger charge is -2.12. The zero-order valence-electron chi connectivity index (χ0n) is 8.79. The van der Waals surface area contributed by atoms with E-state index in [2.05, 4.69) is 15.9 Å². The molecule has 0 aliphatic heterocycles. The zero-order chi connectivity index (χ0) is 11.4. The van der Waals surface area contributed by atoms with Crippen LogP contribution in [-0.4, -0.2) is 12.5 Å². The third-order valence-electron chi connectivity index (χ3n) is 2.12. The molecule has 82 valence electrons. The molecule has 3 nitrogen and oxygen atoms in total. The van der Waals surface area contributed by atoms with Crippen LogP contribution in [0.15, 0.2) is 22.7 Å². The van der Waals surface area contributed by atoms with Gasteiger partial charge < -0.3 is 10.5 Å². The summed E-state index contributed by atoms with van der Waals surface area (Å²) in [6, 6.07) is 5.77. The van der Waals surface area contributed by atoms with E-state index in [1.165, 1.54) is 0 Å². The second-order valence-corrected chi connectivity index (χ2v) is 4.44. The van der Waals surface area contributed by atoms with Crippen molar-refractivity contribution >= 4 is 21.8 Å².